The molecule has 5 rings (SSSR count). The normalized spacial score (nSPS) is 17.9. The van der Waals surface area contributed by atoms with Crippen molar-refractivity contribution >= 4 is 38.9 Å². The topological polar surface area (TPSA) is 20.3 Å². The third-order valence-corrected chi connectivity index (χ3v) is 9.25. The number of rotatable bonds is 6. The number of amides is 1. The molecule has 3 aromatic carbocycles. The Morgan fingerprint density at radius 2 is 1.64 bits per heavy atom. The van der Waals surface area contributed by atoms with Gasteiger partial charge in [-0.15, -0.1) is 11.3 Å². The number of carbonyl (C=O) groups excluding carboxylic acids is 1. The summed E-state index contributed by atoms with van der Waals surface area (Å²) in [7, 11) is 0. The highest BCUT2D eigenvalue weighted by atomic mass is 35.5. The number of carbonyl (C=O) groups is 1. The van der Waals surface area contributed by atoms with Gasteiger partial charge in [0.2, 0.25) is 0 Å². The molecular formula is C31H28ClF4NOS. The third-order valence-electron chi connectivity index (χ3n) is 7.58. The predicted octanol–water partition coefficient (Wildman–Crippen LogP) is 9.85. The van der Waals surface area contributed by atoms with Crippen LogP contribution in [0.5, 0.6) is 0 Å². The summed E-state index contributed by atoms with van der Waals surface area (Å²) in [5, 5.41) is 1.22. The summed E-state index contributed by atoms with van der Waals surface area (Å²) in [4.78, 5) is 16.0. The van der Waals surface area contributed by atoms with Crippen molar-refractivity contribution in [3.63, 3.8) is 0 Å². The maximum Gasteiger partial charge on any atom is 0.416 e. The summed E-state index contributed by atoms with van der Waals surface area (Å²) in [5.41, 5.74) is 0.685. The average molecular weight is 574 g/mol. The van der Waals surface area contributed by atoms with Gasteiger partial charge < -0.3 is 4.90 Å². The molecule has 1 amide bonds. The predicted molar refractivity (Wildman–Crippen MR) is 150 cm³/mol. The molecule has 1 fully saturated rings. The smallest absolute Gasteiger partial charge is 0.333 e. The quantitative estimate of drug-likeness (QED) is 0.210. The van der Waals surface area contributed by atoms with Crippen LogP contribution < -0.4 is 0 Å². The standard InChI is InChI=1S/C31H28ClF4NOS/c1-19-6-8-20(9-7-19)17-37(30(38)29-28(32)25-4-2-3-5-27(25)39-29)18-23-16-22(12-15-26(23)33)21-10-13-24(14-11-21)31(34,35)36/h2-5,10-16,19-20H,6-9,17-18H2,1H3. The van der Waals surface area contributed by atoms with Crippen molar-refractivity contribution in [1.82, 2.24) is 4.90 Å². The number of benzene rings is 3. The van der Waals surface area contributed by atoms with Gasteiger partial charge in [0.15, 0.2) is 0 Å². The second-order valence-corrected chi connectivity index (χ2v) is 11.9. The van der Waals surface area contributed by atoms with Crippen LogP contribution in [0.25, 0.3) is 21.2 Å². The third kappa shape index (κ3) is 6.15. The van der Waals surface area contributed by atoms with E-state index in [1.807, 2.05) is 24.3 Å². The van der Waals surface area contributed by atoms with Gasteiger partial charge in [0, 0.05) is 28.7 Å². The minimum Gasteiger partial charge on any atom is -0.333 e. The second-order valence-electron chi connectivity index (χ2n) is 10.4. The van der Waals surface area contributed by atoms with Gasteiger partial charge in [-0.25, -0.2) is 4.39 Å². The van der Waals surface area contributed by atoms with Crippen LogP contribution in [0.2, 0.25) is 5.02 Å². The molecule has 204 valence electrons. The fraction of sp³-hybridized carbons (Fsp3) is 0.323. The molecule has 0 saturated heterocycles. The first kappa shape index (κ1) is 27.7. The maximum atomic E-state index is 15.1. The van der Waals surface area contributed by atoms with Crippen LogP contribution in [0.3, 0.4) is 0 Å². The molecule has 1 heterocycles. The Morgan fingerprint density at radius 3 is 2.31 bits per heavy atom. The fourth-order valence-electron chi connectivity index (χ4n) is 5.27. The summed E-state index contributed by atoms with van der Waals surface area (Å²) in [5.74, 6) is 0.252. The Labute approximate surface area is 234 Å². The van der Waals surface area contributed by atoms with Crippen LogP contribution >= 0.6 is 22.9 Å². The molecule has 39 heavy (non-hydrogen) atoms. The van der Waals surface area contributed by atoms with Crippen LogP contribution in [-0.2, 0) is 12.7 Å². The number of alkyl halides is 3. The summed E-state index contributed by atoms with van der Waals surface area (Å²) in [6, 6.07) is 16.8. The van der Waals surface area contributed by atoms with Gasteiger partial charge in [0.25, 0.3) is 5.91 Å². The lowest BCUT2D eigenvalue weighted by Gasteiger charge is -2.32. The van der Waals surface area contributed by atoms with Crippen LogP contribution in [0, 0.1) is 17.7 Å². The summed E-state index contributed by atoms with van der Waals surface area (Å²) in [6.07, 6.45) is -0.251. The molecule has 1 aliphatic rings. The SMILES string of the molecule is CC1CCC(CN(Cc2cc(-c3ccc(C(F)(F)F)cc3)ccc2F)C(=O)c2sc3ccccc3c2Cl)CC1. The second kappa shape index (κ2) is 11.3. The Bertz CT molecular complexity index is 1470. The van der Waals surface area contributed by atoms with Gasteiger partial charge >= 0.3 is 6.18 Å². The zero-order valence-corrected chi connectivity index (χ0v) is 23.0. The van der Waals surface area contributed by atoms with E-state index in [0.29, 0.717) is 45.0 Å². The van der Waals surface area contributed by atoms with E-state index in [1.165, 1.54) is 29.5 Å². The van der Waals surface area contributed by atoms with E-state index in [4.69, 9.17) is 11.6 Å². The number of hydrogen-bond acceptors (Lipinski definition) is 2. The Morgan fingerprint density at radius 1 is 0.974 bits per heavy atom. The van der Waals surface area contributed by atoms with E-state index in [9.17, 15) is 18.0 Å². The molecule has 0 atom stereocenters. The molecule has 4 aromatic rings. The van der Waals surface area contributed by atoms with Crippen LogP contribution in [0.4, 0.5) is 17.6 Å². The Kier molecular flexibility index (Phi) is 8.01. The summed E-state index contributed by atoms with van der Waals surface area (Å²) in [6.45, 7) is 2.76. The van der Waals surface area contributed by atoms with E-state index < -0.39 is 17.6 Å². The molecule has 0 bridgehead atoms. The van der Waals surface area contributed by atoms with Crippen LogP contribution in [0.1, 0.15) is 53.4 Å². The first-order valence-electron chi connectivity index (χ1n) is 13.0. The highest BCUT2D eigenvalue weighted by Gasteiger charge is 2.30. The minimum atomic E-state index is -4.43. The van der Waals surface area contributed by atoms with Crippen molar-refractivity contribution in [2.24, 2.45) is 11.8 Å². The molecule has 1 aliphatic carbocycles. The average Bonchev–Trinajstić information content (AvgIpc) is 3.26. The highest BCUT2D eigenvalue weighted by Crippen LogP contribution is 2.37. The molecule has 8 heteroatoms. The van der Waals surface area contributed by atoms with Gasteiger partial charge in [0.05, 0.1) is 10.6 Å². The molecule has 0 radical (unpaired) electrons. The number of hydrogen-bond donors (Lipinski definition) is 0. The van der Waals surface area contributed by atoms with Gasteiger partial charge in [-0.3, -0.25) is 4.79 Å². The zero-order valence-electron chi connectivity index (χ0n) is 21.4. The number of thiophene rings is 1. The van der Waals surface area contributed by atoms with Crippen molar-refractivity contribution < 1.29 is 22.4 Å². The van der Waals surface area contributed by atoms with E-state index in [-0.39, 0.29) is 12.5 Å². The van der Waals surface area contributed by atoms with Gasteiger partial charge in [-0.1, -0.05) is 67.8 Å². The molecule has 2 nitrogen and oxygen atoms in total. The Balaban J connectivity index is 1.46. The van der Waals surface area contributed by atoms with E-state index in [0.717, 1.165) is 47.9 Å². The summed E-state index contributed by atoms with van der Waals surface area (Å²) >= 11 is 7.98. The molecule has 0 N–H and O–H groups in total. The van der Waals surface area contributed by atoms with Crippen molar-refractivity contribution in [2.45, 2.75) is 45.3 Å². The number of halogens is 5. The van der Waals surface area contributed by atoms with Crippen molar-refractivity contribution in [3.05, 3.63) is 93.6 Å². The lowest BCUT2D eigenvalue weighted by Crippen LogP contribution is -2.36. The fourth-order valence-corrected chi connectivity index (χ4v) is 6.75. The highest BCUT2D eigenvalue weighted by molar-refractivity contribution is 7.21. The molecule has 0 aliphatic heterocycles. The van der Waals surface area contributed by atoms with Gasteiger partial charge in [-0.05, 0) is 66.1 Å². The molecule has 1 saturated carbocycles. The molecule has 0 spiro atoms. The molecule has 1 aromatic heterocycles. The summed E-state index contributed by atoms with van der Waals surface area (Å²) < 4.78 is 55.0. The van der Waals surface area contributed by atoms with Crippen LogP contribution in [0.15, 0.2) is 66.7 Å². The van der Waals surface area contributed by atoms with Gasteiger partial charge in [0.1, 0.15) is 10.7 Å². The number of nitrogens with zero attached hydrogens (tertiary/aromatic N) is 1. The lowest BCUT2D eigenvalue weighted by atomic mass is 9.82. The molecular weight excluding hydrogens is 546 g/mol. The van der Waals surface area contributed by atoms with Gasteiger partial charge in [-0.2, -0.15) is 13.2 Å². The monoisotopic (exact) mass is 573 g/mol. The first-order chi connectivity index (χ1) is 18.6. The van der Waals surface area contributed by atoms with E-state index in [2.05, 4.69) is 6.92 Å². The minimum absolute atomic E-state index is 0.0375. The van der Waals surface area contributed by atoms with Crippen molar-refractivity contribution in [3.8, 4) is 11.1 Å². The van der Waals surface area contributed by atoms with Crippen molar-refractivity contribution in [1.29, 1.82) is 0 Å². The van der Waals surface area contributed by atoms with Crippen molar-refractivity contribution in [2.75, 3.05) is 6.54 Å². The first-order valence-corrected chi connectivity index (χ1v) is 14.2. The van der Waals surface area contributed by atoms with Crippen LogP contribution in [-0.4, -0.2) is 17.4 Å². The number of fused-ring (bicyclic) bond motifs is 1. The van der Waals surface area contributed by atoms with E-state index in [1.54, 1.807) is 17.0 Å². The van der Waals surface area contributed by atoms with E-state index >= 15 is 4.39 Å². The Hall–Kier alpha value is -2.90. The zero-order chi connectivity index (χ0) is 27.7. The lowest BCUT2D eigenvalue weighted by molar-refractivity contribution is -0.137. The largest absolute Gasteiger partial charge is 0.416 e. The maximum absolute atomic E-state index is 15.1. The molecule has 0 unspecified atom stereocenters.